The Morgan fingerprint density at radius 3 is 2.55 bits per heavy atom. The minimum absolute atomic E-state index is 0.000983. The SMILES string of the molecule is COC(=O)c1cc(Br)c2nc(N3[C@@H]4CC[C@H]3CC(OCc3c(-c5c(F)cccc5F)noc3C3CC3)C4)sc2c1. The topological polar surface area (TPSA) is 77.7 Å². The largest absolute Gasteiger partial charge is 0.465 e. The van der Waals surface area contributed by atoms with Gasteiger partial charge in [-0.3, -0.25) is 0 Å². The average Bonchev–Trinajstić information content (AvgIpc) is 3.46. The number of hydrogen-bond acceptors (Lipinski definition) is 8. The Morgan fingerprint density at radius 1 is 1.15 bits per heavy atom. The molecule has 3 aliphatic rings. The Morgan fingerprint density at radius 2 is 1.88 bits per heavy atom. The number of piperidine rings is 1. The fraction of sp³-hybridized carbons (Fsp3) is 0.414. The molecule has 0 spiro atoms. The van der Waals surface area contributed by atoms with Crippen molar-refractivity contribution < 1.29 is 27.6 Å². The molecule has 1 saturated carbocycles. The summed E-state index contributed by atoms with van der Waals surface area (Å²) in [5.41, 5.74) is 2.01. The predicted octanol–water partition coefficient (Wildman–Crippen LogP) is 7.37. The van der Waals surface area contributed by atoms with Gasteiger partial charge in [-0.05, 0) is 78.7 Å². The highest BCUT2D eigenvalue weighted by atomic mass is 79.9. The van der Waals surface area contributed by atoms with Crippen LogP contribution >= 0.6 is 27.3 Å². The van der Waals surface area contributed by atoms with Crippen LogP contribution < -0.4 is 4.90 Å². The van der Waals surface area contributed by atoms with Gasteiger partial charge in [0.25, 0.3) is 0 Å². The van der Waals surface area contributed by atoms with E-state index in [0.29, 0.717) is 16.9 Å². The Labute approximate surface area is 241 Å². The number of esters is 1. The lowest BCUT2D eigenvalue weighted by molar-refractivity contribution is 0.0147. The zero-order chi connectivity index (χ0) is 27.5. The molecule has 1 aliphatic carbocycles. The molecule has 2 aliphatic heterocycles. The van der Waals surface area contributed by atoms with E-state index < -0.39 is 11.6 Å². The summed E-state index contributed by atoms with van der Waals surface area (Å²) < 4.78 is 47.9. The van der Waals surface area contributed by atoms with Crippen molar-refractivity contribution in [3.63, 3.8) is 0 Å². The van der Waals surface area contributed by atoms with Crippen molar-refractivity contribution >= 4 is 48.6 Å². The molecule has 4 aromatic rings. The van der Waals surface area contributed by atoms with E-state index in [1.807, 2.05) is 6.07 Å². The summed E-state index contributed by atoms with van der Waals surface area (Å²) in [5, 5.41) is 5.04. The molecule has 208 valence electrons. The number of carbonyl (C=O) groups excluding carboxylic acids is 1. The molecule has 1 unspecified atom stereocenters. The number of benzene rings is 2. The van der Waals surface area contributed by atoms with Crippen molar-refractivity contribution in [2.75, 3.05) is 12.0 Å². The minimum Gasteiger partial charge on any atom is -0.465 e. The molecule has 3 fully saturated rings. The molecular formula is C29H26BrF2N3O4S. The Hall–Kier alpha value is -2.89. The third-order valence-corrected chi connectivity index (χ3v) is 9.82. The van der Waals surface area contributed by atoms with Gasteiger partial charge in [0.05, 0.1) is 41.2 Å². The van der Waals surface area contributed by atoms with E-state index in [4.69, 9.17) is 19.0 Å². The molecule has 3 atom stereocenters. The van der Waals surface area contributed by atoms with Crippen molar-refractivity contribution in [3.8, 4) is 11.3 Å². The van der Waals surface area contributed by atoms with Crippen LogP contribution in [0.5, 0.6) is 0 Å². The number of anilines is 1. The van der Waals surface area contributed by atoms with Gasteiger partial charge in [-0.15, -0.1) is 0 Å². The number of halogens is 3. The highest BCUT2D eigenvalue weighted by Crippen LogP contribution is 2.47. The second kappa shape index (κ2) is 10.2. The number of carbonyl (C=O) groups is 1. The normalized spacial score (nSPS) is 22.3. The van der Waals surface area contributed by atoms with E-state index in [2.05, 4.69) is 26.0 Å². The fourth-order valence-electron chi connectivity index (χ4n) is 6.15. The van der Waals surface area contributed by atoms with Crippen molar-refractivity contribution in [1.82, 2.24) is 10.1 Å². The Balaban J connectivity index is 1.10. The van der Waals surface area contributed by atoms with Gasteiger partial charge in [-0.25, -0.2) is 18.6 Å². The van der Waals surface area contributed by atoms with Crippen LogP contribution in [0.1, 0.15) is 66.1 Å². The number of aromatic nitrogens is 2. The molecule has 4 heterocycles. The summed E-state index contributed by atoms with van der Waals surface area (Å²) in [4.78, 5) is 19.4. The zero-order valence-electron chi connectivity index (χ0n) is 21.7. The van der Waals surface area contributed by atoms with Gasteiger partial charge < -0.3 is 18.9 Å². The molecule has 2 bridgehead atoms. The zero-order valence-corrected chi connectivity index (χ0v) is 24.1. The van der Waals surface area contributed by atoms with E-state index in [1.54, 1.807) is 17.4 Å². The van der Waals surface area contributed by atoms with Crippen LogP contribution in [0.3, 0.4) is 0 Å². The van der Waals surface area contributed by atoms with Crippen LogP contribution in [-0.4, -0.2) is 41.4 Å². The van der Waals surface area contributed by atoms with Gasteiger partial charge in [0.1, 0.15) is 23.1 Å². The van der Waals surface area contributed by atoms with Gasteiger partial charge in [0.15, 0.2) is 5.13 Å². The molecule has 2 aromatic carbocycles. The van der Waals surface area contributed by atoms with Gasteiger partial charge in [0, 0.05) is 28.0 Å². The third kappa shape index (κ3) is 4.52. The highest BCUT2D eigenvalue weighted by Gasteiger charge is 2.43. The standard InChI is InChI=1S/C29H26BrF2N3O4S/c1-37-28(36)15-9-20(30)26-23(10-15)40-29(33-26)35-16-7-8-17(35)12-18(11-16)38-13-19-25(34-39-27(19)14-5-6-14)24-21(31)3-2-4-22(24)32/h2-4,9-10,14,16-18H,5-8,11-13H2,1H3/t16-,17+,18?. The number of thiazole rings is 1. The van der Waals surface area contributed by atoms with Crippen LogP contribution in [0.4, 0.5) is 13.9 Å². The molecule has 0 amide bonds. The minimum atomic E-state index is -0.663. The molecule has 7 rings (SSSR count). The number of fused-ring (bicyclic) bond motifs is 3. The van der Waals surface area contributed by atoms with Crippen molar-refractivity contribution in [2.24, 2.45) is 0 Å². The number of methoxy groups -OCH3 is 1. The van der Waals surface area contributed by atoms with Crippen LogP contribution in [-0.2, 0) is 16.1 Å². The number of nitrogens with zero attached hydrogens (tertiary/aromatic N) is 3. The molecule has 7 nitrogen and oxygen atoms in total. The number of ether oxygens (including phenoxy) is 2. The first-order valence-corrected chi connectivity index (χ1v) is 15.0. The van der Waals surface area contributed by atoms with Crippen LogP contribution in [0, 0.1) is 11.6 Å². The van der Waals surface area contributed by atoms with Crippen molar-refractivity contribution in [2.45, 2.75) is 69.2 Å². The molecular weight excluding hydrogens is 604 g/mol. The first kappa shape index (κ1) is 26.0. The molecule has 2 aromatic heterocycles. The van der Waals surface area contributed by atoms with E-state index >= 15 is 0 Å². The Bertz CT molecular complexity index is 1590. The van der Waals surface area contributed by atoms with Crippen molar-refractivity contribution in [3.05, 3.63) is 63.3 Å². The van der Waals surface area contributed by atoms with E-state index in [9.17, 15) is 13.6 Å². The second-order valence-corrected chi connectivity index (χ2v) is 12.6. The highest BCUT2D eigenvalue weighted by molar-refractivity contribution is 9.10. The summed E-state index contributed by atoms with van der Waals surface area (Å²) in [6.07, 6.45) is 5.69. The van der Waals surface area contributed by atoms with E-state index in [0.717, 1.165) is 58.3 Å². The lowest BCUT2D eigenvalue weighted by atomic mass is 10.00. The third-order valence-electron chi connectivity index (χ3n) is 8.20. The van der Waals surface area contributed by atoms with E-state index in [1.165, 1.54) is 25.3 Å². The van der Waals surface area contributed by atoms with E-state index in [-0.39, 0.29) is 47.9 Å². The fourth-order valence-corrected chi connectivity index (χ4v) is 8.00. The lowest BCUT2D eigenvalue weighted by Gasteiger charge is -2.38. The van der Waals surface area contributed by atoms with Crippen LogP contribution in [0.15, 0.2) is 39.3 Å². The summed E-state index contributed by atoms with van der Waals surface area (Å²) in [5.74, 6) is -0.793. The molecule has 40 heavy (non-hydrogen) atoms. The average molecular weight is 631 g/mol. The molecule has 2 saturated heterocycles. The summed E-state index contributed by atoms with van der Waals surface area (Å²) in [7, 11) is 1.37. The first-order chi connectivity index (χ1) is 19.4. The molecule has 11 heteroatoms. The van der Waals surface area contributed by atoms with Gasteiger partial charge in [-0.2, -0.15) is 0 Å². The number of hydrogen-bond donors (Lipinski definition) is 0. The first-order valence-electron chi connectivity index (χ1n) is 13.4. The smallest absolute Gasteiger partial charge is 0.337 e. The maximum absolute atomic E-state index is 14.6. The van der Waals surface area contributed by atoms with Gasteiger partial charge >= 0.3 is 5.97 Å². The van der Waals surface area contributed by atoms with Crippen LogP contribution in [0.25, 0.3) is 21.5 Å². The number of rotatable bonds is 7. The summed E-state index contributed by atoms with van der Waals surface area (Å²) in [6.45, 7) is 0.201. The maximum atomic E-state index is 14.6. The maximum Gasteiger partial charge on any atom is 0.337 e. The lowest BCUT2D eigenvalue weighted by Crippen LogP contribution is -2.45. The van der Waals surface area contributed by atoms with Crippen LogP contribution in [0.2, 0.25) is 0 Å². The van der Waals surface area contributed by atoms with Crippen molar-refractivity contribution in [1.29, 1.82) is 0 Å². The molecule has 0 N–H and O–H groups in total. The summed E-state index contributed by atoms with van der Waals surface area (Å²) in [6, 6.07) is 7.94. The van der Waals surface area contributed by atoms with Gasteiger partial charge in [-0.1, -0.05) is 22.6 Å². The quantitative estimate of drug-likeness (QED) is 0.197. The predicted molar refractivity (Wildman–Crippen MR) is 150 cm³/mol. The Kier molecular flexibility index (Phi) is 6.63. The van der Waals surface area contributed by atoms with Gasteiger partial charge in [0.2, 0.25) is 0 Å². The molecule has 0 radical (unpaired) electrons. The summed E-state index contributed by atoms with van der Waals surface area (Å²) >= 11 is 5.15. The second-order valence-electron chi connectivity index (χ2n) is 10.7. The monoisotopic (exact) mass is 629 g/mol.